The Labute approximate surface area is 216 Å². The lowest BCUT2D eigenvalue weighted by Crippen LogP contribution is -2.13. The Bertz CT molecular complexity index is 1410. The number of halogens is 1. The second kappa shape index (κ2) is 10.2. The fraction of sp³-hybridized carbons (Fsp3) is 0.346. The molecule has 1 fully saturated rings. The molecule has 1 unspecified atom stereocenters. The zero-order chi connectivity index (χ0) is 25.3. The molecular weight excluding hydrogens is 497 g/mol. The topological polar surface area (TPSA) is 93.5 Å². The van der Waals surface area contributed by atoms with Crippen molar-refractivity contribution < 1.29 is 13.8 Å². The van der Waals surface area contributed by atoms with Gasteiger partial charge in [-0.15, -0.1) is 5.10 Å². The molecule has 2 aromatic carbocycles. The van der Waals surface area contributed by atoms with E-state index in [9.17, 15) is 4.79 Å². The number of H-pyrrole nitrogens is 1. The van der Waals surface area contributed by atoms with Crippen LogP contribution in [0, 0.1) is 13.8 Å². The first-order valence-corrected chi connectivity index (χ1v) is 13.2. The number of carbonyl (C=O) groups excluding carboxylic acids is 1. The van der Waals surface area contributed by atoms with Gasteiger partial charge in [-0.05, 0) is 56.9 Å². The van der Waals surface area contributed by atoms with Gasteiger partial charge in [0, 0.05) is 16.7 Å². The summed E-state index contributed by atoms with van der Waals surface area (Å²) in [5, 5.41) is 11.5. The van der Waals surface area contributed by atoms with E-state index in [-0.39, 0.29) is 33.4 Å². The number of benzene rings is 2. The van der Waals surface area contributed by atoms with Gasteiger partial charge in [-0.3, -0.25) is 9.89 Å². The minimum absolute atomic E-state index is 0.139. The molecule has 1 aliphatic carbocycles. The van der Waals surface area contributed by atoms with Gasteiger partial charge in [0.25, 0.3) is 0 Å². The van der Waals surface area contributed by atoms with E-state index in [0.717, 1.165) is 41.8 Å². The molecule has 0 aliphatic heterocycles. The zero-order valence-electron chi connectivity index (χ0n) is 20.5. The number of rotatable bonds is 10. The standard InChI is InChI=1S/C26H29ClN5O3P/c1-4-26(11-12-26)23-22(27)25-29-24(31-32(25)30-23)18-6-5-7-19(15-18)28-21(33)10-13-34-36-35-20-9-8-16(2)14-17(20)3/h5-9,14-15,30,36H,4,10-13H2,1-3H3,(H,28,33). The summed E-state index contributed by atoms with van der Waals surface area (Å²) in [5.74, 6) is 1.19. The number of aromatic nitrogens is 4. The fourth-order valence-corrected chi connectivity index (χ4v) is 5.27. The number of nitrogens with zero attached hydrogens (tertiary/aromatic N) is 3. The number of fused-ring (bicyclic) bond motifs is 1. The normalized spacial score (nSPS) is 14.6. The van der Waals surface area contributed by atoms with Crippen LogP contribution in [0.4, 0.5) is 5.69 Å². The third-order valence-electron chi connectivity index (χ3n) is 6.68. The predicted octanol–water partition coefficient (Wildman–Crippen LogP) is 6.37. The lowest BCUT2D eigenvalue weighted by Gasteiger charge is -2.10. The van der Waals surface area contributed by atoms with E-state index >= 15 is 0 Å². The van der Waals surface area contributed by atoms with Gasteiger partial charge in [0.2, 0.25) is 14.9 Å². The minimum atomic E-state index is -0.167. The Morgan fingerprint density at radius 2 is 2.08 bits per heavy atom. The third-order valence-corrected chi connectivity index (χ3v) is 7.66. The molecule has 0 saturated heterocycles. The minimum Gasteiger partial charge on any atom is -0.449 e. The molecule has 2 heterocycles. The monoisotopic (exact) mass is 525 g/mol. The van der Waals surface area contributed by atoms with Crippen LogP contribution in [-0.4, -0.2) is 32.3 Å². The molecule has 1 aliphatic rings. The highest BCUT2D eigenvalue weighted by Crippen LogP contribution is 2.52. The first-order valence-electron chi connectivity index (χ1n) is 12.0. The Kier molecular flexibility index (Phi) is 7.02. The summed E-state index contributed by atoms with van der Waals surface area (Å²) in [6.45, 7) is 6.48. The van der Waals surface area contributed by atoms with Crippen molar-refractivity contribution >= 4 is 37.9 Å². The zero-order valence-corrected chi connectivity index (χ0v) is 22.3. The maximum Gasteiger partial charge on any atom is 0.226 e. The maximum atomic E-state index is 12.4. The van der Waals surface area contributed by atoms with Crippen molar-refractivity contribution in [3.8, 4) is 17.1 Å². The third kappa shape index (κ3) is 5.12. The molecule has 0 spiro atoms. The predicted molar refractivity (Wildman–Crippen MR) is 143 cm³/mol. The summed E-state index contributed by atoms with van der Waals surface area (Å²) in [7, 11) is -0.167. The molecule has 10 heteroatoms. The number of hydrogen-bond acceptors (Lipinski definition) is 5. The van der Waals surface area contributed by atoms with Crippen LogP contribution in [-0.2, 0) is 14.7 Å². The van der Waals surface area contributed by atoms with Crippen molar-refractivity contribution in [3.63, 3.8) is 0 Å². The summed E-state index contributed by atoms with van der Waals surface area (Å²) in [6.07, 6.45) is 3.52. The van der Waals surface area contributed by atoms with Gasteiger partial charge in [-0.2, -0.15) is 4.63 Å². The molecule has 36 heavy (non-hydrogen) atoms. The van der Waals surface area contributed by atoms with Gasteiger partial charge in [-0.1, -0.05) is 48.4 Å². The largest absolute Gasteiger partial charge is 0.449 e. The van der Waals surface area contributed by atoms with Crippen LogP contribution in [0.25, 0.3) is 17.0 Å². The SMILES string of the molecule is CCC1(c2[nH]n3nc(-c4cccc(NC(=O)CCOPOc5ccc(C)cc5C)c4)nc3c2Cl)CC1. The average molecular weight is 526 g/mol. The highest BCUT2D eigenvalue weighted by Gasteiger charge is 2.46. The molecule has 2 aromatic heterocycles. The van der Waals surface area contributed by atoms with Crippen molar-refractivity contribution in [1.82, 2.24) is 19.8 Å². The van der Waals surface area contributed by atoms with Crippen molar-refractivity contribution in [1.29, 1.82) is 0 Å². The highest BCUT2D eigenvalue weighted by atomic mass is 35.5. The van der Waals surface area contributed by atoms with Gasteiger partial charge in [0.1, 0.15) is 10.8 Å². The maximum absolute atomic E-state index is 12.4. The number of carbonyl (C=O) groups is 1. The van der Waals surface area contributed by atoms with Gasteiger partial charge in [0.15, 0.2) is 11.5 Å². The molecule has 2 N–H and O–H groups in total. The molecule has 0 bridgehead atoms. The van der Waals surface area contributed by atoms with E-state index in [1.54, 1.807) is 4.63 Å². The first kappa shape index (κ1) is 24.8. The Morgan fingerprint density at radius 1 is 1.25 bits per heavy atom. The molecule has 1 atom stereocenters. The molecule has 8 nitrogen and oxygen atoms in total. The molecule has 1 amide bonds. The highest BCUT2D eigenvalue weighted by molar-refractivity contribution is 7.26. The Balaban J connectivity index is 1.15. The number of amides is 1. The second-order valence-electron chi connectivity index (χ2n) is 9.29. The van der Waals surface area contributed by atoms with Gasteiger partial charge in [-0.25, -0.2) is 4.98 Å². The molecule has 4 aromatic rings. The molecule has 1 saturated carbocycles. The average Bonchev–Trinajstić information content (AvgIpc) is 3.44. The van der Waals surface area contributed by atoms with Gasteiger partial charge in [0.05, 0.1) is 18.7 Å². The van der Waals surface area contributed by atoms with Crippen LogP contribution in [0.1, 0.15) is 49.4 Å². The van der Waals surface area contributed by atoms with Crippen LogP contribution in [0.2, 0.25) is 5.02 Å². The van der Waals surface area contributed by atoms with Crippen molar-refractivity contribution in [3.05, 3.63) is 64.3 Å². The van der Waals surface area contributed by atoms with Gasteiger partial charge >= 0.3 is 0 Å². The lowest BCUT2D eigenvalue weighted by molar-refractivity contribution is -0.116. The van der Waals surface area contributed by atoms with E-state index < -0.39 is 0 Å². The smallest absolute Gasteiger partial charge is 0.226 e. The van der Waals surface area contributed by atoms with E-state index in [2.05, 4.69) is 33.5 Å². The van der Waals surface area contributed by atoms with E-state index in [4.69, 9.17) is 20.6 Å². The van der Waals surface area contributed by atoms with Crippen LogP contribution < -0.4 is 9.84 Å². The number of aromatic amines is 1. The van der Waals surface area contributed by atoms with Crippen LogP contribution in [0.5, 0.6) is 5.75 Å². The van der Waals surface area contributed by atoms with E-state index in [0.29, 0.717) is 22.2 Å². The summed E-state index contributed by atoms with van der Waals surface area (Å²) in [4.78, 5) is 17.1. The fourth-order valence-electron chi connectivity index (χ4n) is 4.34. The van der Waals surface area contributed by atoms with E-state index in [1.165, 1.54) is 5.56 Å². The van der Waals surface area contributed by atoms with Crippen molar-refractivity contribution in [2.24, 2.45) is 0 Å². The second-order valence-corrected chi connectivity index (χ2v) is 10.3. The van der Waals surface area contributed by atoms with Crippen LogP contribution in [0.3, 0.4) is 0 Å². The van der Waals surface area contributed by atoms with Gasteiger partial charge < -0.3 is 14.4 Å². The number of nitrogens with one attached hydrogen (secondary N) is 2. The summed E-state index contributed by atoms with van der Waals surface area (Å²) in [5.41, 5.74) is 5.48. The first-order chi connectivity index (χ1) is 17.4. The molecule has 0 radical (unpaired) electrons. The number of aryl methyl sites for hydroxylation is 2. The van der Waals surface area contributed by atoms with E-state index in [1.807, 2.05) is 50.2 Å². The Hall–Kier alpha value is -2.93. The molecule has 5 rings (SSSR count). The molecule has 188 valence electrons. The van der Waals surface area contributed by atoms with Crippen molar-refractivity contribution in [2.45, 2.75) is 51.9 Å². The van der Waals surface area contributed by atoms with Crippen LogP contribution in [0.15, 0.2) is 42.5 Å². The lowest BCUT2D eigenvalue weighted by atomic mass is 10.00. The number of anilines is 1. The van der Waals surface area contributed by atoms with Crippen LogP contribution >= 0.6 is 20.6 Å². The number of hydrogen-bond donors (Lipinski definition) is 2. The summed E-state index contributed by atoms with van der Waals surface area (Å²) in [6, 6.07) is 13.4. The Morgan fingerprint density at radius 3 is 2.81 bits per heavy atom. The van der Waals surface area contributed by atoms with Crippen molar-refractivity contribution in [2.75, 3.05) is 11.9 Å². The summed E-state index contributed by atoms with van der Waals surface area (Å²) < 4.78 is 12.8. The molecular formula is C26H29ClN5O3P. The summed E-state index contributed by atoms with van der Waals surface area (Å²) >= 11 is 6.65. The quantitative estimate of drug-likeness (QED) is 0.185.